The van der Waals surface area contributed by atoms with Gasteiger partial charge in [-0.05, 0) is 63.0 Å². The highest BCUT2D eigenvalue weighted by Crippen LogP contribution is 2.30. The van der Waals surface area contributed by atoms with Gasteiger partial charge in [-0.3, -0.25) is 9.69 Å². The fraction of sp³-hybridized carbons (Fsp3) is 0.238. The second-order valence-corrected chi connectivity index (χ2v) is 8.03. The molecular formula is C21H21ClFN3OS. The van der Waals surface area contributed by atoms with E-state index in [1.54, 1.807) is 23.1 Å². The number of nitrogens with zero attached hydrogens (tertiary/aromatic N) is 3. The molecule has 28 heavy (non-hydrogen) atoms. The minimum absolute atomic E-state index is 0.182. The minimum atomic E-state index is -0.313. The number of carbonyl (C=O) groups excluding carboxylic acids is 1. The minimum Gasteiger partial charge on any atom is -0.309 e. The summed E-state index contributed by atoms with van der Waals surface area (Å²) in [6.45, 7) is 1.36. The smallest absolute Gasteiger partial charge is 0.252 e. The second-order valence-electron chi connectivity index (χ2n) is 6.61. The van der Waals surface area contributed by atoms with E-state index in [-0.39, 0.29) is 11.7 Å². The molecule has 0 aliphatic carbocycles. The quantitative estimate of drug-likeness (QED) is 0.502. The van der Waals surface area contributed by atoms with Crippen molar-refractivity contribution in [2.45, 2.75) is 6.42 Å². The first kappa shape index (κ1) is 20.5. The van der Waals surface area contributed by atoms with Crippen LogP contribution in [0, 0.1) is 5.82 Å². The Hall–Kier alpha value is -2.28. The normalized spacial score (nSPS) is 11.6. The van der Waals surface area contributed by atoms with Crippen LogP contribution in [-0.2, 0) is 4.79 Å². The molecule has 2 aromatic carbocycles. The van der Waals surface area contributed by atoms with Gasteiger partial charge >= 0.3 is 0 Å². The van der Waals surface area contributed by atoms with Crippen molar-refractivity contribution in [1.29, 1.82) is 0 Å². The van der Waals surface area contributed by atoms with Crippen molar-refractivity contribution in [2.24, 2.45) is 0 Å². The first-order valence-corrected chi connectivity index (χ1v) is 10.1. The lowest BCUT2D eigenvalue weighted by molar-refractivity contribution is -0.114. The van der Waals surface area contributed by atoms with Crippen molar-refractivity contribution in [2.75, 3.05) is 32.1 Å². The Morgan fingerprint density at radius 3 is 2.75 bits per heavy atom. The summed E-state index contributed by atoms with van der Waals surface area (Å²) < 4.78 is 14.2. The lowest BCUT2D eigenvalue weighted by atomic mass is 10.2. The van der Waals surface area contributed by atoms with Crippen LogP contribution in [0.25, 0.3) is 16.3 Å². The Kier molecular flexibility index (Phi) is 6.78. The van der Waals surface area contributed by atoms with Crippen LogP contribution in [-0.4, -0.2) is 43.0 Å². The first-order chi connectivity index (χ1) is 13.4. The molecule has 3 aromatic rings. The molecule has 0 unspecified atom stereocenters. The number of benzene rings is 2. The SMILES string of the molecule is CN(C)CCCN(C(=O)C=Cc1ccccc1Cl)c1nc2ccc(F)cc2s1. The molecule has 0 saturated carbocycles. The summed E-state index contributed by atoms with van der Waals surface area (Å²) in [6.07, 6.45) is 4.00. The molecule has 1 amide bonds. The molecule has 0 radical (unpaired) electrons. The maximum atomic E-state index is 13.5. The summed E-state index contributed by atoms with van der Waals surface area (Å²) in [5.74, 6) is -0.495. The molecule has 7 heteroatoms. The molecule has 0 aliphatic rings. The van der Waals surface area contributed by atoms with Gasteiger partial charge in [0.25, 0.3) is 5.91 Å². The van der Waals surface area contributed by atoms with Crippen LogP contribution >= 0.6 is 22.9 Å². The van der Waals surface area contributed by atoms with Crippen molar-refractivity contribution in [3.8, 4) is 0 Å². The number of fused-ring (bicyclic) bond motifs is 1. The van der Waals surface area contributed by atoms with Crippen molar-refractivity contribution in [3.63, 3.8) is 0 Å². The Bertz CT molecular complexity index is 1000. The number of rotatable bonds is 7. The topological polar surface area (TPSA) is 36.4 Å². The molecule has 1 heterocycles. The highest BCUT2D eigenvalue weighted by molar-refractivity contribution is 7.22. The number of hydrogen-bond acceptors (Lipinski definition) is 4. The van der Waals surface area contributed by atoms with Gasteiger partial charge in [0, 0.05) is 17.6 Å². The number of thiazole rings is 1. The van der Waals surface area contributed by atoms with Gasteiger partial charge in [-0.2, -0.15) is 0 Å². The predicted molar refractivity (Wildman–Crippen MR) is 116 cm³/mol. The average molecular weight is 418 g/mol. The Balaban J connectivity index is 1.86. The zero-order valence-corrected chi connectivity index (χ0v) is 17.3. The maximum absolute atomic E-state index is 13.5. The molecule has 0 atom stereocenters. The molecule has 0 aliphatic heterocycles. The summed E-state index contributed by atoms with van der Waals surface area (Å²) >= 11 is 7.48. The molecular weight excluding hydrogens is 397 g/mol. The number of hydrogen-bond donors (Lipinski definition) is 0. The van der Waals surface area contributed by atoms with E-state index in [1.807, 2.05) is 32.3 Å². The number of carbonyl (C=O) groups is 1. The van der Waals surface area contributed by atoms with Crippen LogP contribution in [0.4, 0.5) is 9.52 Å². The summed E-state index contributed by atoms with van der Waals surface area (Å²) in [4.78, 5) is 21.2. The third-order valence-electron chi connectivity index (χ3n) is 4.13. The summed E-state index contributed by atoms with van der Waals surface area (Å²) in [5, 5.41) is 1.15. The second kappa shape index (κ2) is 9.28. The fourth-order valence-electron chi connectivity index (χ4n) is 2.71. The van der Waals surface area contributed by atoms with E-state index >= 15 is 0 Å². The zero-order chi connectivity index (χ0) is 20.1. The summed E-state index contributed by atoms with van der Waals surface area (Å²) in [6, 6.07) is 11.8. The summed E-state index contributed by atoms with van der Waals surface area (Å²) in [7, 11) is 3.98. The standard InChI is InChI=1S/C21H21ClFN3OS/c1-25(2)12-5-13-26(20(27)11-8-15-6-3-4-7-17(15)22)21-24-18-10-9-16(23)14-19(18)28-21/h3-4,6-11,14H,5,12-13H2,1-2H3. The molecule has 0 fully saturated rings. The lowest BCUT2D eigenvalue weighted by Gasteiger charge is -2.19. The fourth-order valence-corrected chi connectivity index (χ4v) is 3.93. The van der Waals surface area contributed by atoms with E-state index in [2.05, 4.69) is 9.88 Å². The van der Waals surface area contributed by atoms with Gasteiger partial charge in [-0.1, -0.05) is 41.1 Å². The molecule has 0 saturated heterocycles. The van der Waals surface area contributed by atoms with Crippen LogP contribution in [0.3, 0.4) is 0 Å². The Labute approximate surface area is 172 Å². The van der Waals surface area contributed by atoms with E-state index in [4.69, 9.17) is 11.6 Å². The monoisotopic (exact) mass is 417 g/mol. The van der Waals surface area contributed by atoms with Crippen LogP contribution in [0.5, 0.6) is 0 Å². The first-order valence-electron chi connectivity index (χ1n) is 8.89. The average Bonchev–Trinajstić information content (AvgIpc) is 3.06. The van der Waals surface area contributed by atoms with Gasteiger partial charge in [-0.25, -0.2) is 9.37 Å². The molecule has 3 rings (SSSR count). The van der Waals surface area contributed by atoms with Crippen LogP contribution in [0.2, 0.25) is 5.02 Å². The van der Waals surface area contributed by atoms with Crippen molar-refractivity contribution in [3.05, 3.63) is 64.9 Å². The van der Waals surface area contributed by atoms with Gasteiger partial charge in [-0.15, -0.1) is 0 Å². The molecule has 0 bridgehead atoms. The van der Waals surface area contributed by atoms with Gasteiger partial charge in [0.2, 0.25) is 0 Å². The van der Waals surface area contributed by atoms with Gasteiger partial charge < -0.3 is 4.90 Å². The highest BCUT2D eigenvalue weighted by Gasteiger charge is 2.18. The summed E-state index contributed by atoms with van der Waals surface area (Å²) in [5.41, 5.74) is 1.46. The van der Waals surface area contributed by atoms with Crippen molar-refractivity contribution in [1.82, 2.24) is 9.88 Å². The third-order valence-corrected chi connectivity index (χ3v) is 5.52. The van der Waals surface area contributed by atoms with E-state index in [0.717, 1.165) is 23.2 Å². The Morgan fingerprint density at radius 1 is 1.21 bits per heavy atom. The van der Waals surface area contributed by atoms with E-state index in [0.29, 0.717) is 22.2 Å². The number of amides is 1. The van der Waals surface area contributed by atoms with Gasteiger partial charge in [0.05, 0.1) is 10.2 Å². The van der Waals surface area contributed by atoms with Crippen LogP contribution in [0.1, 0.15) is 12.0 Å². The van der Waals surface area contributed by atoms with Crippen LogP contribution < -0.4 is 4.90 Å². The molecule has 0 spiro atoms. The lowest BCUT2D eigenvalue weighted by Crippen LogP contribution is -2.32. The van der Waals surface area contributed by atoms with E-state index < -0.39 is 0 Å². The molecule has 0 N–H and O–H groups in total. The molecule has 1 aromatic heterocycles. The Morgan fingerprint density at radius 2 is 2.00 bits per heavy atom. The molecule has 4 nitrogen and oxygen atoms in total. The molecule has 146 valence electrons. The highest BCUT2D eigenvalue weighted by atomic mass is 35.5. The van der Waals surface area contributed by atoms with E-state index in [9.17, 15) is 9.18 Å². The zero-order valence-electron chi connectivity index (χ0n) is 15.7. The van der Waals surface area contributed by atoms with Gasteiger partial charge in [0.1, 0.15) is 5.82 Å². The predicted octanol–water partition coefficient (Wildman–Crippen LogP) is 5.09. The van der Waals surface area contributed by atoms with Crippen LogP contribution in [0.15, 0.2) is 48.5 Å². The maximum Gasteiger partial charge on any atom is 0.252 e. The number of aromatic nitrogens is 1. The number of halogens is 2. The van der Waals surface area contributed by atoms with Crippen molar-refractivity contribution < 1.29 is 9.18 Å². The van der Waals surface area contributed by atoms with E-state index in [1.165, 1.54) is 29.5 Å². The third kappa shape index (κ3) is 5.16. The largest absolute Gasteiger partial charge is 0.309 e. The van der Waals surface area contributed by atoms with Crippen molar-refractivity contribution >= 4 is 50.3 Å². The van der Waals surface area contributed by atoms with Gasteiger partial charge in [0.15, 0.2) is 5.13 Å². The number of anilines is 1.